The summed E-state index contributed by atoms with van der Waals surface area (Å²) in [4.78, 5) is 11.8. The van der Waals surface area contributed by atoms with E-state index in [9.17, 15) is 13.6 Å². The number of morpholine rings is 1. The van der Waals surface area contributed by atoms with Gasteiger partial charge in [0.05, 0.1) is 26.0 Å². The van der Waals surface area contributed by atoms with Gasteiger partial charge in [0, 0.05) is 18.7 Å². The molecule has 0 spiro atoms. The molecule has 104 valence electrons. The van der Waals surface area contributed by atoms with Crippen LogP contribution in [0.25, 0.3) is 0 Å². The van der Waals surface area contributed by atoms with Crippen LogP contribution in [0.2, 0.25) is 0 Å². The number of amides is 1. The topological polar surface area (TPSA) is 59.6 Å². The Morgan fingerprint density at radius 2 is 2.26 bits per heavy atom. The van der Waals surface area contributed by atoms with Gasteiger partial charge in [-0.1, -0.05) is 0 Å². The van der Waals surface area contributed by atoms with Crippen LogP contribution in [-0.2, 0) is 9.53 Å². The summed E-state index contributed by atoms with van der Waals surface area (Å²) in [6.45, 7) is 1.26. The molecule has 0 aliphatic carbocycles. The van der Waals surface area contributed by atoms with Crippen LogP contribution in [0.15, 0.2) is 12.1 Å². The molecule has 2 rings (SSSR count). The molecule has 1 heterocycles. The molecule has 7 heteroatoms. The highest BCUT2D eigenvalue weighted by Gasteiger charge is 2.22. The third-order valence-corrected chi connectivity index (χ3v) is 2.74. The first-order valence-corrected chi connectivity index (χ1v) is 5.77. The standard InChI is InChI=1S/C12H14F2N2O3/c1-18-11-5-7(13)9(4-8(11)14)16-12(17)10-6-19-3-2-15-10/h4-5,10,15H,2-3,6H2,1H3,(H,16,17). The van der Waals surface area contributed by atoms with Gasteiger partial charge < -0.3 is 20.1 Å². The maximum absolute atomic E-state index is 13.6. The number of rotatable bonds is 3. The Balaban J connectivity index is 2.10. The second-order valence-corrected chi connectivity index (χ2v) is 4.04. The minimum absolute atomic E-state index is 0.200. The van der Waals surface area contributed by atoms with Crippen LogP contribution in [0, 0.1) is 11.6 Å². The fourth-order valence-electron chi connectivity index (χ4n) is 1.73. The zero-order valence-corrected chi connectivity index (χ0v) is 10.3. The molecule has 0 aromatic heterocycles. The van der Waals surface area contributed by atoms with E-state index < -0.39 is 23.6 Å². The molecule has 1 aromatic rings. The van der Waals surface area contributed by atoms with Gasteiger partial charge in [-0.25, -0.2) is 8.78 Å². The highest BCUT2D eigenvalue weighted by molar-refractivity contribution is 5.95. The van der Waals surface area contributed by atoms with E-state index in [0.29, 0.717) is 13.2 Å². The Hall–Kier alpha value is -1.73. The largest absolute Gasteiger partial charge is 0.494 e. The SMILES string of the molecule is COc1cc(F)c(NC(=O)C2COCCN2)cc1F. The molecule has 1 fully saturated rings. The molecule has 0 radical (unpaired) electrons. The van der Waals surface area contributed by atoms with Crippen molar-refractivity contribution in [2.24, 2.45) is 0 Å². The Morgan fingerprint density at radius 3 is 2.89 bits per heavy atom. The molecule has 19 heavy (non-hydrogen) atoms. The minimum atomic E-state index is -0.761. The van der Waals surface area contributed by atoms with E-state index in [1.807, 2.05) is 0 Å². The summed E-state index contributed by atoms with van der Waals surface area (Å²) < 4.78 is 36.8. The van der Waals surface area contributed by atoms with Gasteiger partial charge in [-0.3, -0.25) is 4.79 Å². The van der Waals surface area contributed by atoms with Crippen LogP contribution in [0.1, 0.15) is 0 Å². The number of methoxy groups -OCH3 is 1. The van der Waals surface area contributed by atoms with Crippen molar-refractivity contribution >= 4 is 11.6 Å². The van der Waals surface area contributed by atoms with Crippen molar-refractivity contribution in [2.45, 2.75) is 6.04 Å². The van der Waals surface area contributed by atoms with Crippen molar-refractivity contribution < 1.29 is 23.0 Å². The van der Waals surface area contributed by atoms with Crippen LogP contribution in [-0.4, -0.2) is 38.8 Å². The van der Waals surface area contributed by atoms with Crippen molar-refractivity contribution in [3.63, 3.8) is 0 Å². The van der Waals surface area contributed by atoms with Gasteiger partial charge in [0.15, 0.2) is 17.4 Å². The molecule has 1 atom stereocenters. The number of carbonyl (C=O) groups excluding carboxylic acids is 1. The lowest BCUT2D eigenvalue weighted by molar-refractivity contribution is -0.120. The molecule has 5 nitrogen and oxygen atoms in total. The van der Waals surface area contributed by atoms with Gasteiger partial charge in [-0.2, -0.15) is 0 Å². The van der Waals surface area contributed by atoms with Crippen molar-refractivity contribution in [2.75, 3.05) is 32.2 Å². The number of nitrogens with one attached hydrogen (secondary N) is 2. The molecule has 0 saturated carbocycles. The monoisotopic (exact) mass is 272 g/mol. The molecule has 1 aromatic carbocycles. The lowest BCUT2D eigenvalue weighted by atomic mass is 10.2. The van der Waals surface area contributed by atoms with Gasteiger partial charge in [0.2, 0.25) is 5.91 Å². The summed E-state index contributed by atoms with van der Waals surface area (Å²) in [6.07, 6.45) is 0. The molecule has 1 amide bonds. The van der Waals surface area contributed by atoms with E-state index in [0.717, 1.165) is 12.1 Å². The van der Waals surface area contributed by atoms with Gasteiger partial charge in [0.1, 0.15) is 6.04 Å². The molecule has 1 unspecified atom stereocenters. The molecular weight excluding hydrogens is 258 g/mol. The molecule has 0 bridgehead atoms. The number of carbonyl (C=O) groups is 1. The fraction of sp³-hybridized carbons (Fsp3) is 0.417. The van der Waals surface area contributed by atoms with Crippen LogP contribution in [0.3, 0.4) is 0 Å². The molecule has 1 saturated heterocycles. The second kappa shape index (κ2) is 5.94. The number of anilines is 1. The van der Waals surface area contributed by atoms with Gasteiger partial charge in [0.25, 0.3) is 0 Å². The molecule has 1 aliphatic heterocycles. The maximum atomic E-state index is 13.6. The summed E-state index contributed by atoms with van der Waals surface area (Å²) in [5, 5.41) is 5.24. The normalized spacial score (nSPS) is 19.0. The van der Waals surface area contributed by atoms with Crippen molar-refractivity contribution in [3.05, 3.63) is 23.8 Å². The van der Waals surface area contributed by atoms with Crippen LogP contribution in [0.4, 0.5) is 14.5 Å². The van der Waals surface area contributed by atoms with Crippen LogP contribution >= 0.6 is 0 Å². The Labute approximate surface area is 108 Å². The highest BCUT2D eigenvalue weighted by atomic mass is 19.1. The van der Waals surface area contributed by atoms with Crippen molar-refractivity contribution in [1.82, 2.24) is 5.32 Å². The number of ether oxygens (including phenoxy) is 2. The first-order valence-electron chi connectivity index (χ1n) is 5.77. The zero-order valence-electron chi connectivity index (χ0n) is 10.3. The van der Waals surface area contributed by atoms with Crippen molar-refractivity contribution in [1.29, 1.82) is 0 Å². The van der Waals surface area contributed by atoms with E-state index in [2.05, 4.69) is 15.4 Å². The van der Waals surface area contributed by atoms with Crippen molar-refractivity contribution in [3.8, 4) is 5.75 Å². The first kappa shape index (κ1) is 13.7. The summed E-state index contributed by atoms with van der Waals surface area (Å²) in [5.41, 5.74) is -0.226. The average Bonchev–Trinajstić information content (AvgIpc) is 2.43. The molecule has 1 aliphatic rings. The van der Waals surface area contributed by atoms with E-state index in [-0.39, 0.29) is 18.0 Å². The van der Waals surface area contributed by atoms with Crippen LogP contribution < -0.4 is 15.4 Å². The van der Waals surface area contributed by atoms with E-state index >= 15 is 0 Å². The Morgan fingerprint density at radius 1 is 1.47 bits per heavy atom. The number of hydrogen-bond acceptors (Lipinski definition) is 4. The number of benzene rings is 1. The number of halogens is 2. The predicted molar refractivity (Wildman–Crippen MR) is 64.1 cm³/mol. The van der Waals surface area contributed by atoms with Gasteiger partial charge >= 0.3 is 0 Å². The number of hydrogen-bond donors (Lipinski definition) is 2. The summed E-state index contributed by atoms with van der Waals surface area (Å²) in [7, 11) is 1.24. The maximum Gasteiger partial charge on any atom is 0.243 e. The lowest BCUT2D eigenvalue weighted by Crippen LogP contribution is -2.48. The van der Waals surface area contributed by atoms with Crippen LogP contribution in [0.5, 0.6) is 5.75 Å². The van der Waals surface area contributed by atoms with E-state index in [1.165, 1.54) is 7.11 Å². The third kappa shape index (κ3) is 3.18. The first-order chi connectivity index (χ1) is 9.11. The highest BCUT2D eigenvalue weighted by Crippen LogP contribution is 2.24. The summed E-state index contributed by atoms with van der Waals surface area (Å²) >= 11 is 0. The fourth-order valence-corrected chi connectivity index (χ4v) is 1.73. The minimum Gasteiger partial charge on any atom is -0.494 e. The second-order valence-electron chi connectivity index (χ2n) is 4.04. The zero-order chi connectivity index (χ0) is 13.8. The average molecular weight is 272 g/mol. The predicted octanol–water partition coefficient (Wildman–Crippen LogP) is 0.900. The third-order valence-electron chi connectivity index (χ3n) is 2.74. The summed E-state index contributed by atoms with van der Waals surface area (Å²) in [5.74, 6) is -2.19. The van der Waals surface area contributed by atoms with E-state index in [1.54, 1.807) is 0 Å². The quantitative estimate of drug-likeness (QED) is 0.858. The van der Waals surface area contributed by atoms with Gasteiger partial charge in [-0.15, -0.1) is 0 Å². The molecular formula is C12H14F2N2O3. The van der Waals surface area contributed by atoms with Gasteiger partial charge in [-0.05, 0) is 0 Å². The smallest absolute Gasteiger partial charge is 0.243 e. The lowest BCUT2D eigenvalue weighted by Gasteiger charge is -2.23. The molecule has 2 N–H and O–H groups in total. The van der Waals surface area contributed by atoms with E-state index in [4.69, 9.17) is 4.74 Å². The Kier molecular flexibility index (Phi) is 4.28. The Bertz CT molecular complexity index is 476. The summed E-state index contributed by atoms with van der Waals surface area (Å²) in [6, 6.07) is 1.20.